The second kappa shape index (κ2) is 6.93. The molecule has 0 radical (unpaired) electrons. The molecule has 1 aliphatic heterocycles. The molecule has 0 aliphatic carbocycles. The molecule has 1 heterocycles. The van der Waals surface area contributed by atoms with Gasteiger partial charge < -0.3 is 4.74 Å². The van der Waals surface area contributed by atoms with Crippen LogP contribution in [0.2, 0.25) is 0 Å². The molecule has 2 rings (SSSR count). The van der Waals surface area contributed by atoms with Crippen molar-refractivity contribution in [3.63, 3.8) is 0 Å². The summed E-state index contributed by atoms with van der Waals surface area (Å²) in [6.07, 6.45) is 3.49. The Morgan fingerprint density at radius 1 is 1.10 bits per heavy atom. The van der Waals surface area contributed by atoms with Crippen LogP contribution in [0.1, 0.15) is 65.7 Å². The number of hydrogen-bond acceptors (Lipinski definition) is 2. The minimum absolute atomic E-state index is 0.000782. The lowest BCUT2D eigenvalue weighted by Gasteiger charge is -2.35. The molecular formula is C19H31NO. The lowest BCUT2D eigenvalue weighted by Crippen LogP contribution is -2.45. The molecule has 2 nitrogen and oxygen atoms in total. The maximum Gasteiger partial charge on any atom is 0.137 e. The number of hydrogen-bond donors (Lipinski definition) is 0. The van der Waals surface area contributed by atoms with E-state index in [0.717, 1.165) is 19.4 Å². The molecule has 0 unspecified atom stereocenters. The van der Waals surface area contributed by atoms with Crippen molar-refractivity contribution in [2.24, 2.45) is 5.92 Å². The Hall–Kier alpha value is -0.860. The molecule has 21 heavy (non-hydrogen) atoms. The van der Waals surface area contributed by atoms with Crippen molar-refractivity contribution in [3.05, 3.63) is 35.9 Å². The number of benzene rings is 1. The summed E-state index contributed by atoms with van der Waals surface area (Å²) in [5.41, 5.74) is 1.29. The third kappa shape index (κ3) is 3.17. The molecule has 0 spiro atoms. The minimum atomic E-state index is 0.000782. The lowest BCUT2D eigenvalue weighted by molar-refractivity contribution is -0.0665. The summed E-state index contributed by atoms with van der Waals surface area (Å²) in [6.45, 7) is 12.5. The third-order valence-electron chi connectivity index (χ3n) is 5.00. The topological polar surface area (TPSA) is 12.5 Å². The highest BCUT2D eigenvalue weighted by Gasteiger charge is 2.50. The van der Waals surface area contributed by atoms with E-state index in [2.05, 4.69) is 69.9 Å². The maximum absolute atomic E-state index is 6.68. The van der Waals surface area contributed by atoms with Crippen LogP contribution in [0.3, 0.4) is 0 Å². The van der Waals surface area contributed by atoms with Gasteiger partial charge in [0.05, 0.1) is 5.60 Å². The van der Waals surface area contributed by atoms with E-state index in [4.69, 9.17) is 4.74 Å². The Morgan fingerprint density at radius 2 is 1.71 bits per heavy atom. The second-order valence-electron chi connectivity index (χ2n) is 6.63. The van der Waals surface area contributed by atoms with Gasteiger partial charge in [0.1, 0.15) is 6.23 Å². The third-order valence-corrected chi connectivity index (χ3v) is 5.00. The summed E-state index contributed by atoms with van der Waals surface area (Å²) in [5.74, 6) is 0.694. The fourth-order valence-corrected chi connectivity index (χ4v) is 3.78. The maximum atomic E-state index is 6.68. The van der Waals surface area contributed by atoms with Crippen molar-refractivity contribution < 1.29 is 4.74 Å². The Morgan fingerprint density at radius 3 is 2.19 bits per heavy atom. The van der Waals surface area contributed by atoms with Gasteiger partial charge in [-0.3, -0.25) is 4.90 Å². The summed E-state index contributed by atoms with van der Waals surface area (Å²) in [4.78, 5) is 2.57. The Kier molecular flexibility index (Phi) is 5.45. The summed E-state index contributed by atoms with van der Waals surface area (Å²) in [6, 6.07) is 11.2. The van der Waals surface area contributed by atoms with Crippen LogP contribution in [0, 0.1) is 5.92 Å². The van der Waals surface area contributed by atoms with Gasteiger partial charge in [0.15, 0.2) is 0 Å². The molecule has 0 N–H and O–H groups in total. The summed E-state index contributed by atoms with van der Waals surface area (Å²) >= 11 is 0. The summed E-state index contributed by atoms with van der Waals surface area (Å²) in [5, 5.41) is 0. The van der Waals surface area contributed by atoms with Gasteiger partial charge in [-0.1, -0.05) is 65.0 Å². The van der Waals surface area contributed by atoms with Crippen molar-refractivity contribution in [1.82, 2.24) is 4.90 Å². The highest BCUT2D eigenvalue weighted by molar-refractivity contribution is 5.20. The monoisotopic (exact) mass is 289 g/mol. The smallest absolute Gasteiger partial charge is 0.137 e. The van der Waals surface area contributed by atoms with Gasteiger partial charge in [0.25, 0.3) is 0 Å². The zero-order chi connectivity index (χ0) is 15.5. The van der Waals surface area contributed by atoms with E-state index in [1.807, 2.05) is 0 Å². The van der Waals surface area contributed by atoms with Crippen LogP contribution in [0.4, 0.5) is 0 Å². The van der Waals surface area contributed by atoms with E-state index in [9.17, 15) is 0 Å². The first-order valence-electron chi connectivity index (χ1n) is 8.56. The largest absolute Gasteiger partial charge is 0.351 e. The number of ether oxygens (including phenoxy) is 1. The molecule has 0 aromatic heterocycles. The van der Waals surface area contributed by atoms with E-state index >= 15 is 0 Å². The van der Waals surface area contributed by atoms with Gasteiger partial charge >= 0.3 is 0 Å². The van der Waals surface area contributed by atoms with Gasteiger partial charge in [0, 0.05) is 6.04 Å². The van der Waals surface area contributed by atoms with Gasteiger partial charge in [-0.05, 0) is 37.3 Å². The molecule has 1 aromatic rings. The molecule has 1 fully saturated rings. The van der Waals surface area contributed by atoms with Crippen LogP contribution in [0.15, 0.2) is 30.3 Å². The van der Waals surface area contributed by atoms with Crippen molar-refractivity contribution in [2.45, 2.75) is 71.8 Å². The van der Waals surface area contributed by atoms with E-state index in [-0.39, 0.29) is 11.8 Å². The molecule has 0 bridgehead atoms. The van der Waals surface area contributed by atoms with Gasteiger partial charge in [-0.25, -0.2) is 0 Å². The van der Waals surface area contributed by atoms with Crippen molar-refractivity contribution in [1.29, 1.82) is 0 Å². The first-order valence-corrected chi connectivity index (χ1v) is 8.56. The zero-order valence-electron chi connectivity index (χ0n) is 14.3. The molecule has 0 amide bonds. The summed E-state index contributed by atoms with van der Waals surface area (Å²) in [7, 11) is 0. The van der Waals surface area contributed by atoms with E-state index < -0.39 is 0 Å². The Labute approximate surface area is 130 Å². The molecule has 0 saturated carbocycles. The molecule has 1 aliphatic rings. The van der Waals surface area contributed by atoms with Gasteiger partial charge in [-0.2, -0.15) is 0 Å². The minimum Gasteiger partial charge on any atom is -0.351 e. The quantitative estimate of drug-likeness (QED) is 0.730. The first kappa shape index (κ1) is 16.5. The highest BCUT2D eigenvalue weighted by atomic mass is 16.5. The number of likely N-dealkylation sites (N-methyl/N-ethyl adjacent to an activating group) is 1. The predicted molar refractivity (Wildman–Crippen MR) is 89.2 cm³/mol. The zero-order valence-corrected chi connectivity index (χ0v) is 14.3. The lowest BCUT2D eigenvalue weighted by atomic mass is 9.83. The number of nitrogens with zero attached hydrogens (tertiary/aromatic N) is 1. The number of rotatable bonds is 6. The average Bonchev–Trinajstić information content (AvgIpc) is 2.81. The normalized spacial score (nSPS) is 25.6. The van der Waals surface area contributed by atoms with Crippen LogP contribution < -0.4 is 0 Å². The second-order valence-corrected chi connectivity index (χ2v) is 6.63. The summed E-state index contributed by atoms with van der Waals surface area (Å²) < 4.78 is 6.68. The van der Waals surface area contributed by atoms with Crippen LogP contribution in [-0.2, 0) is 4.74 Å². The predicted octanol–water partition coefficient (Wildman–Crippen LogP) is 5.01. The van der Waals surface area contributed by atoms with Crippen LogP contribution in [-0.4, -0.2) is 23.1 Å². The fraction of sp³-hybridized carbons (Fsp3) is 0.684. The van der Waals surface area contributed by atoms with Crippen molar-refractivity contribution in [2.75, 3.05) is 6.54 Å². The molecule has 2 heteroatoms. The fourth-order valence-electron chi connectivity index (χ4n) is 3.78. The average molecular weight is 289 g/mol. The first-order chi connectivity index (χ1) is 10.1. The molecule has 1 aromatic carbocycles. The Bertz CT molecular complexity index is 424. The highest BCUT2D eigenvalue weighted by Crippen LogP contribution is 2.46. The van der Waals surface area contributed by atoms with Gasteiger partial charge in [-0.15, -0.1) is 0 Å². The van der Waals surface area contributed by atoms with Gasteiger partial charge in [0.2, 0.25) is 0 Å². The van der Waals surface area contributed by atoms with E-state index in [1.165, 1.54) is 12.0 Å². The molecule has 2 atom stereocenters. The standard InChI is InChI=1S/C19H31NO/c1-6-19(7-2)17(14-15(4)5)20(8-3)18(21-19)16-12-10-9-11-13-16/h9-13,15,17-18H,6-8,14H2,1-5H3/t17-,18+/m0/s1. The van der Waals surface area contributed by atoms with E-state index in [1.54, 1.807) is 0 Å². The SMILES string of the molecule is CCN1[C@@H](c2ccccc2)OC(CC)(CC)[C@@H]1CC(C)C. The molecule has 1 saturated heterocycles. The van der Waals surface area contributed by atoms with Crippen LogP contribution >= 0.6 is 0 Å². The van der Waals surface area contributed by atoms with Crippen LogP contribution in [0.25, 0.3) is 0 Å². The van der Waals surface area contributed by atoms with Crippen LogP contribution in [0.5, 0.6) is 0 Å². The Balaban J connectivity index is 2.36. The van der Waals surface area contributed by atoms with E-state index in [0.29, 0.717) is 12.0 Å². The molecular weight excluding hydrogens is 258 g/mol. The van der Waals surface area contributed by atoms with Crippen molar-refractivity contribution >= 4 is 0 Å². The molecule has 118 valence electrons. The van der Waals surface area contributed by atoms with Crippen molar-refractivity contribution in [3.8, 4) is 0 Å².